The molecule has 5 nitrogen and oxygen atoms in total. The van der Waals surface area contributed by atoms with E-state index in [1.165, 1.54) is 0 Å². The van der Waals surface area contributed by atoms with Crippen LogP contribution in [0, 0.1) is 0 Å². The van der Waals surface area contributed by atoms with E-state index in [-0.39, 0.29) is 12.5 Å². The smallest absolute Gasteiger partial charge is 0.255 e. The highest BCUT2D eigenvalue weighted by Crippen LogP contribution is 2.35. The van der Waals surface area contributed by atoms with Crippen LogP contribution in [-0.4, -0.2) is 33.6 Å². The Morgan fingerprint density at radius 2 is 1.62 bits per heavy atom. The summed E-state index contributed by atoms with van der Waals surface area (Å²) in [5, 5.41) is 13.2. The number of imidazole rings is 1. The van der Waals surface area contributed by atoms with Crippen molar-refractivity contribution in [2.45, 2.75) is 12.8 Å². The number of benzene rings is 2. The van der Waals surface area contributed by atoms with Gasteiger partial charge >= 0.3 is 0 Å². The van der Waals surface area contributed by atoms with Gasteiger partial charge in [-0.05, 0) is 59.1 Å². The third-order valence-corrected chi connectivity index (χ3v) is 5.97. The van der Waals surface area contributed by atoms with Gasteiger partial charge in [-0.3, -0.25) is 9.20 Å². The van der Waals surface area contributed by atoms with Crippen molar-refractivity contribution in [3.05, 3.63) is 80.9 Å². The van der Waals surface area contributed by atoms with E-state index in [4.69, 9.17) is 33.3 Å². The maximum atomic E-state index is 13.0. The van der Waals surface area contributed by atoms with Gasteiger partial charge in [-0.25, -0.2) is 4.98 Å². The Kier molecular flexibility index (Phi) is 7.16. The van der Waals surface area contributed by atoms with Crippen LogP contribution in [0.15, 0.2) is 65.3 Å². The molecule has 0 radical (unpaired) electrons. The number of carbonyl (C=O) groups excluding carboxylic acids is 1. The number of amides is 1. The van der Waals surface area contributed by atoms with Gasteiger partial charge in [0, 0.05) is 45.0 Å². The van der Waals surface area contributed by atoms with Crippen molar-refractivity contribution >= 4 is 50.7 Å². The molecule has 2 N–H and O–H groups in total. The van der Waals surface area contributed by atoms with E-state index in [1.54, 1.807) is 6.07 Å². The molecule has 2 aromatic heterocycles. The number of pyridine rings is 1. The summed E-state index contributed by atoms with van der Waals surface area (Å²) >= 11 is 15.7. The minimum absolute atomic E-state index is 0.103. The van der Waals surface area contributed by atoms with Crippen LogP contribution < -0.4 is 5.32 Å². The number of nitrogens with one attached hydrogen (secondary N) is 1. The SMILES string of the molecule is O=C(NCCCCO)c1cc(Br)cn2c(-c3ccc(Cl)cc3)c(-c3ccc(Cl)cc3)nc12. The molecule has 4 rings (SSSR count). The van der Waals surface area contributed by atoms with Crippen molar-refractivity contribution < 1.29 is 9.90 Å². The molecule has 32 heavy (non-hydrogen) atoms. The van der Waals surface area contributed by atoms with Crippen molar-refractivity contribution in [3.8, 4) is 22.5 Å². The minimum Gasteiger partial charge on any atom is -0.396 e. The second kappa shape index (κ2) is 10.0. The normalized spacial score (nSPS) is 11.1. The number of halogens is 3. The average molecular weight is 533 g/mol. The standard InChI is InChI=1S/C24H20BrCl2N3O2/c25-17-13-20(24(32)28-11-1-2-12-31)23-29-21(15-3-7-18(26)8-4-15)22(30(23)14-17)16-5-9-19(27)10-6-16/h3-10,13-14,31H,1-2,11-12H2,(H,28,32). The van der Waals surface area contributed by atoms with Gasteiger partial charge in [-0.15, -0.1) is 0 Å². The molecule has 4 aromatic rings. The molecule has 2 aromatic carbocycles. The molecule has 0 unspecified atom stereocenters. The molecule has 0 fully saturated rings. The summed E-state index contributed by atoms with van der Waals surface area (Å²) in [7, 11) is 0. The zero-order valence-electron chi connectivity index (χ0n) is 17.0. The van der Waals surface area contributed by atoms with Crippen LogP contribution in [0.25, 0.3) is 28.2 Å². The number of nitrogens with zero attached hydrogens (tertiary/aromatic N) is 2. The van der Waals surface area contributed by atoms with Gasteiger partial charge in [0.15, 0.2) is 5.65 Å². The van der Waals surface area contributed by atoms with Gasteiger partial charge in [-0.2, -0.15) is 0 Å². The zero-order chi connectivity index (χ0) is 22.7. The minimum atomic E-state index is -0.218. The van der Waals surface area contributed by atoms with E-state index in [9.17, 15) is 4.79 Å². The van der Waals surface area contributed by atoms with Crippen molar-refractivity contribution in [2.24, 2.45) is 0 Å². The fraction of sp³-hybridized carbons (Fsp3) is 0.167. The summed E-state index contributed by atoms with van der Waals surface area (Å²) in [5.41, 5.74) is 4.38. The van der Waals surface area contributed by atoms with Crippen molar-refractivity contribution in [2.75, 3.05) is 13.2 Å². The van der Waals surface area contributed by atoms with E-state index in [1.807, 2.05) is 59.1 Å². The Morgan fingerprint density at radius 3 is 2.25 bits per heavy atom. The van der Waals surface area contributed by atoms with E-state index < -0.39 is 0 Å². The first-order valence-corrected chi connectivity index (χ1v) is 11.7. The van der Waals surface area contributed by atoms with E-state index in [2.05, 4.69) is 21.2 Å². The van der Waals surface area contributed by atoms with Gasteiger partial charge in [0.25, 0.3) is 5.91 Å². The molecule has 0 aliphatic heterocycles. The number of unbranched alkanes of at least 4 members (excludes halogenated alkanes) is 1. The van der Waals surface area contributed by atoms with Crippen LogP contribution >= 0.6 is 39.1 Å². The summed E-state index contributed by atoms with van der Waals surface area (Å²) in [4.78, 5) is 17.9. The highest BCUT2D eigenvalue weighted by atomic mass is 79.9. The summed E-state index contributed by atoms with van der Waals surface area (Å²) < 4.78 is 2.67. The molecule has 0 spiro atoms. The number of hydrogen-bond acceptors (Lipinski definition) is 3. The molecule has 8 heteroatoms. The van der Waals surface area contributed by atoms with Gasteiger partial charge in [0.2, 0.25) is 0 Å². The zero-order valence-corrected chi connectivity index (χ0v) is 20.1. The average Bonchev–Trinajstić information content (AvgIpc) is 3.16. The molecule has 164 valence electrons. The third kappa shape index (κ3) is 4.84. The lowest BCUT2D eigenvalue weighted by Gasteiger charge is -2.09. The largest absolute Gasteiger partial charge is 0.396 e. The van der Waals surface area contributed by atoms with Gasteiger partial charge in [0.1, 0.15) is 0 Å². The van der Waals surface area contributed by atoms with Crippen LogP contribution in [0.3, 0.4) is 0 Å². The first kappa shape index (κ1) is 22.8. The number of aliphatic hydroxyl groups excluding tert-OH is 1. The topological polar surface area (TPSA) is 66.6 Å². The lowest BCUT2D eigenvalue weighted by Crippen LogP contribution is -2.25. The summed E-state index contributed by atoms with van der Waals surface area (Å²) in [6.07, 6.45) is 3.24. The molecule has 0 saturated carbocycles. The monoisotopic (exact) mass is 531 g/mol. The van der Waals surface area contributed by atoms with Crippen molar-refractivity contribution in [1.29, 1.82) is 0 Å². The Morgan fingerprint density at radius 1 is 1.00 bits per heavy atom. The Labute approximate surface area is 204 Å². The predicted molar refractivity (Wildman–Crippen MR) is 132 cm³/mol. The van der Waals surface area contributed by atoms with Crippen LogP contribution in [0.1, 0.15) is 23.2 Å². The van der Waals surface area contributed by atoms with E-state index in [0.717, 1.165) is 27.0 Å². The molecule has 0 saturated heterocycles. The maximum Gasteiger partial charge on any atom is 0.255 e. The third-order valence-electron chi connectivity index (χ3n) is 5.04. The first-order valence-electron chi connectivity index (χ1n) is 10.1. The second-order valence-corrected chi connectivity index (χ2v) is 9.06. The molecule has 0 atom stereocenters. The molecule has 0 aliphatic rings. The number of fused-ring (bicyclic) bond motifs is 1. The van der Waals surface area contributed by atoms with Crippen LogP contribution in [0.5, 0.6) is 0 Å². The summed E-state index contributed by atoms with van der Waals surface area (Å²) in [6, 6.07) is 16.7. The number of aliphatic hydroxyl groups is 1. The van der Waals surface area contributed by atoms with Crippen molar-refractivity contribution in [1.82, 2.24) is 14.7 Å². The van der Waals surface area contributed by atoms with E-state index >= 15 is 0 Å². The van der Waals surface area contributed by atoms with Gasteiger partial charge in [-0.1, -0.05) is 47.5 Å². The number of aromatic nitrogens is 2. The van der Waals surface area contributed by atoms with E-state index in [0.29, 0.717) is 40.6 Å². The fourth-order valence-corrected chi connectivity index (χ4v) is 4.19. The van der Waals surface area contributed by atoms with Crippen molar-refractivity contribution in [3.63, 3.8) is 0 Å². The van der Waals surface area contributed by atoms with Gasteiger partial charge in [0.05, 0.1) is 17.0 Å². The fourth-order valence-electron chi connectivity index (χ4n) is 3.51. The maximum absolute atomic E-state index is 13.0. The van der Waals surface area contributed by atoms with Crippen LogP contribution in [0.4, 0.5) is 0 Å². The molecule has 1 amide bonds. The second-order valence-electron chi connectivity index (χ2n) is 7.28. The van der Waals surface area contributed by atoms with Crippen LogP contribution in [0.2, 0.25) is 10.0 Å². The molecule has 0 bridgehead atoms. The molecule has 0 aliphatic carbocycles. The molecular formula is C24H20BrCl2N3O2. The lowest BCUT2D eigenvalue weighted by molar-refractivity contribution is 0.0953. The van der Waals surface area contributed by atoms with Gasteiger partial charge < -0.3 is 10.4 Å². The first-order chi connectivity index (χ1) is 15.5. The molecule has 2 heterocycles. The van der Waals surface area contributed by atoms with Crippen LogP contribution in [-0.2, 0) is 0 Å². The number of hydrogen-bond donors (Lipinski definition) is 2. The summed E-state index contributed by atoms with van der Waals surface area (Å²) in [5.74, 6) is -0.218. The highest BCUT2D eigenvalue weighted by Gasteiger charge is 2.21. The quantitative estimate of drug-likeness (QED) is 0.277. The number of carbonyl (C=O) groups is 1. The highest BCUT2D eigenvalue weighted by molar-refractivity contribution is 9.10. The Bertz CT molecular complexity index is 1260. The Hall–Kier alpha value is -2.38. The predicted octanol–water partition coefficient (Wildman–Crippen LogP) is 6.24. The Balaban J connectivity index is 1.89. The molecular weight excluding hydrogens is 513 g/mol. The number of rotatable bonds is 7. The summed E-state index contributed by atoms with van der Waals surface area (Å²) in [6.45, 7) is 0.582. The lowest BCUT2D eigenvalue weighted by atomic mass is 10.0.